The van der Waals surface area contributed by atoms with Crippen molar-refractivity contribution < 1.29 is 4.79 Å². The molecule has 0 unspecified atom stereocenters. The summed E-state index contributed by atoms with van der Waals surface area (Å²) >= 11 is 0. The molecule has 2 heterocycles. The number of ketones is 1. The van der Waals surface area contributed by atoms with Crippen LogP contribution in [0.1, 0.15) is 33.1 Å². The number of benzene rings is 2. The summed E-state index contributed by atoms with van der Waals surface area (Å²) < 4.78 is 3.92. The number of rotatable bonds is 4. The fraction of sp³-hybridized carbons (Fsp3) is 0.217. The van der Waals surface area contributed by atoms with Crippen LogP contribution in [0.15, 0.2) is 64.4 Å². The highest BCUT2D eigenvalue weighted by Crippen LogP contribution is 2.26. The molecule has 152 valence electrons. The lowest BCUT2D eigenvalue weighted by atomic mass is 9.96. The highest BCUT2D eigenvalue weighted by atomic mass is 16.2. The quantitative estimate of drug-likeness (QED) is 0.492. The molecular weight excluding hydrogens is 380 g/mol. The molecule has 2 aromatic carbocycles. The van der Waals surface area contributed by atoms with E-state index >= 15 is 0 Å². The van der Waals surface area contributed by atoms with Gasteiger partial charge >= 0.3 is 5.69 Å². The number of nitrogens with zero attached hydrogens (tertiary/aromatic N) is 4. The third-order valence-electron chi connectivity index (χ3n) is 5.43. The molecule has 0 spiro atoms. The number of Topliss-reactive ketones (excluding diaryl/α,β-unsaturated/α-hetero) is 1. The lowest BCUT2D eigenvalue weighted by molar-refractivity contribution is 0.0947. The number of carbonyl (C=O) groups excluding carboxylic acids is 1. The molecule has 0 aliphatic rings. The van der Waals surface area contributed by atoms with Crippen molar-refractivity contribution in [2.24, 2.45) is 14.1 Å². The lowest BCUT2D eigenvalue weighted by Gasteiger charge is -2.19. The average Bonchev–Trinajstić information content (AvgIpc) is 3.17. The monoisotopic (exact) mass is 402 g/mol. The van der Waals surface area contributed by atoms with Gasteiger partial charge in [0.2, 0.25) is 0 Å². The van der Waals surface area contributed by atoms with Crippen molar-refractivity contribution in [1.29, 1.82) is 0 Å². The topological polar surface area (TPSA) is 78.9 Å². The first-order valence-corrected chi connectivity index (χ1v) is 9.59. The van der Waals surface area contributed by atoms with E-state index in [4.69, 9.17) is 0 Å². The van der Waals surface area contributed by atoms with Crippen molar-refractivity contribution in [3.63, 3.8) is 0 Å². The van der Waals surface area contributed by atoms with Crippen molar-refractivity contribution >= 4 is 16.9 Å². The number of aryl methyl sites for hydroxylation is 3. The predicted octanol–water partition coefficient (Wildman–Crippen LogP) is 2.52. The number of carbonyl (C=O) groups is 1. The Morgan fingerprint density at radius 1 is 0.867 bits per heavy atom. The Balaban J connectivity index is 2.01. The second kappa shape index (κ2) is 7.26. The maximum atomic E-state index is 13.6. The van der Waals surface area contributed by atoms with Crippen LogP contribution in [0.4, 0.5) is 0 Å². The summed E-state index contributed by atoms with van der Waals surface area (Å²) in [5.41, 5.74) is 2.90. The number of aromatic nitrogens is 4. The van der Waals surface area contributed by atoms with E-state index in [1.807, 2.05) is 50.2 Å². The fourth-order valence-electron chi connectivity index (χ4n) is 3.62. The fourth-order valence-corrected chi connectivity index (χ4v) is 3.62. The molecule has 0 fully saturated rings. The van der Waals surface area contributed by atoms with Crippen LogP contribution in [0.25, 0.3) is 11.2 Å². The van der Waals surface area contributed by atoms with Crippen LogP contribution < -0.4 is 11.2 Å². The predicted molar refractivity (Wildman–Crippen MR) is 115 cm³/mol. The first-order valence-electron chi connectivity index (χ1n) is 9.59. The lowest BCUT2D eigenvalue weighted by Crippen LogP contribution is -2.38. The van der Waals surface area contributed by atoms with E-state index in [0.717, 1.165) is 21.3 Å². The molecule has 0 bridgehead atoms. The minimum Gasteiger partial charge on any atom is -0.309 e. The number of hydrogen-bond donors (Lipinski definition) is 0. The standard InChI is InChI=1S/C23H22N4O3/c1-14-5-9-16(10-6-14)18(20(28)17-11-7-15(2)8-12-17)27-13-24-21-19(27)22(29)26(4)23(30)25(21)3/h5-13,18H,1-4H3/t18-/m0/s1. The molecule has 0 aliphatic heterocycles. The first kappa shape index (κ1) is 19.6. The summed E-state index contributed by atoms with van der Waals surface area (Å²) in [6.07, 6.45) is 1.46. The largest absolute Gasteiger partial charge is 0.332 e. The highest BCUT2D eigenvalue weighted by molar-refractivity contribution is 6.01. The van der Waals surface area contributed by atoms with Gasteiger partial charge in [-0.1, -0.05) is 59.7 Å². The minimum absolute atomic E-state index is 0.158. The summed E-state index contributed by atoms with van der Waals surface area (Å²) in [7, 11) is 2.98. The Bertz CT molecular complexity index is 1370. The summed E-state index contributed by atoms with van der Waals surface area (Å²) in [4.78, 5) is 43.1. The molecule has 0 saturated carbocycles. The van der Waals surface area contributed by atoms with Gasteiger partial charge < -0.3 is 4.57 Å². The van der Waals surface area contributed by atoms with Crippen LogP contribution >= 0.6 is 0 Å². The van der Waals surface area contributed by atoms with Gasteiger partial charge in [0.25, 0.3) is 5.56 Å². The molecule has 4 aromatic rings. The van der Waals surface area contributed by atoms with Crippen LogP contribution in [0.3, 0.4) is 0 Å². The normalized spacial score (nSPS) is 12.3. The Morgan fingerprint density at radius 3 is 2.03 bits per heavy atom. The smallest absolute Gasteiger partial charge is 0.309 e. The van der Waals surface area contributed by atoms with Gasteiger partial charge in [0.15, 0.2) is 16.9 Å². The molecular formula is C23H22N4O3. The average molecular weight is 402 g/mol. The zero-order valence-electron chi connectivity index (χ0n) is 17.3. The zero-order chi connectivity index (χ0) is 21.6. The van der Waals surface area contributed by atoms with E-state index in [2.05, 4.69) is 4.98 Å². The first-order chi connectivity index (χ1) is 14.3. The second-order valence-electron chi connectivity index (χ2n) is 7.57. The summed E-state index contributed by atoms with van der Waals surface area (Å²) in [6.45, 7) is 3.93. The van der Waals surface area contributed by atoms with E-state index in [-0.39, 0.29) is 16.9 Å². The van der Waals surface area contributed by atoms with Crippen molar-refractivity contribution in [3.8, 4) is 0 Å². The molecule has 2 aromatic heterocycles. The maximum Gasteiger partial charge on any atom is 0.332 e. The molecule has 0 aliphatic carbocycles. The van der Waals surface area contributed by atoms with Gasteiger partial charge in [0.1, 0.15) is 6.04 Å². The van der Waals surface area contributed by atoms with Crippen LogP contribution in [0, 0.1) is 13.8 Å². The third-order valence-corrected chi connectivity index (χ3v) is 5.43. The number of fused-ring (bicyclic) bond motifs is 1. The Morgan fingerprint density at radius 2 is 1.43 bits per heavy atom. The highest BCUT2D eigenvalue weighted by Gasteiger charge is 2.28. The molecule has 7 heteroatoms. The van der Waals surface area contributed by atoms with Gasteiger partial charge in [-0.05, 0) is 19.4 Å². The van der Waals surface area contributed by atoms with E-state index in [9.17, 15) is 14.4 Å². The molecule has 0 saturated heterocycles. The van der Waals surface area contributed by atoms with Gasteiger partial charge in [-0.2, -0.15) is 0 Å². The third kappa shape index (κ3) is 3.08. The van der Waals surface area contributed by atoms with Crippen molar-refractivity contribution in [1.82, 2.24) is 18.7 Å². The SMILES string of the molecule is Cc1ccc(C(=O)[C@H](c2ccc(C)cc2)n2cnc3c2c(=O)n(C)c(=O)n3C)cc1. The molecule has 1 atom stereocenters. The van der Waals surface area contributed by atoms with Crippen LogP contribution in [0.5, 0.6) is 0 Å². The van der Waals surface area contributed by atoms with Gasteiger partial charge in [-0.3, -0.25) is 18.7 Å². The van der Waals surface area contributed by atoms with E-state index in [0.29, 0.717) is 5.56 Å². The summed E-state index contributed by atoms with van der Waals surface area (Å²) in [5.74, 6) is -0.158. The minimum atomic E-state index is -0.788. The van der Waals surface area contributed by atoms with Gasteiger partial charge in [0.05, 0.1) is 6.33 Å². The molecule has 4 rings (SSSR count). The van der Waals surface area contributed by atoms with Crippen molar-refractivity contribution in [3.05, 3.63) is 98.0 Å². The zero-order valence-corrected chi connectivity index (χ0v) is 17.3. The van der Waals surface area contributed by atoms with Crippen LogP contribution in [-0.2, 0) is 14.1 Å². The molecule has 0 amide bonds. The Labute approximate surface area is 172 Å². The maximum absolute atomic E-state index is 13.6. The summed E-state index contributed by atoms with van der Waals surface area (Å²) in [5, 5.41) is 0. The number of imidazole rings is 1. The molecule has 30 heavy (non-hydrogen) atoms. The second-order valence-corrected chi connectivity index (χ2v) is 7.57. The summed E-state index contributed by atoms with van der Waals surface area (Å²) in [6, 6.07) is 14.2. The Kier molecular flexibility index (Phi) is 4.73. The van der Waals surface area contributed by atoms with Gasteiger partial charge in [-0.25, -0.2) is 9.78 Å². The van der Waals surface area contributed by atoms with Gasteiger partial charge in [-0.15, -0.1) is 0 Å². The van der Waals surface area contributed by atoms with E-state index in [1.165, 1.54) is 17.9 Å². The molecule has 7 nitrogen and oxygen atoms in total. The van der Waals surface area contributed by atoms with Gasteiger partial charge in [0, 0.05) is 19.7 Å². The molecule has 0 N–H and O–H groups in total. The van der Waals surface area contributed by atoms with Crippen molar-refractivity contribution in [2.45, 2.75) is 19.9 Å². The van der Waals surface area contributed by atoms with E-state index < -0.39 is 17.3 Å². The van der Waals surface area contributed by atoms with Crippen LogP contribution in [-0.4, -0.2) is 24.5 Å². The number of hydrogen-bond acceptors (Lipinski definition) is 4. The Hall–Kier alpha value is -3.74. The van der Waals surface area contributed by atoms with E-state index in [1.54, 1.807) is 23.7 Å². The van der Waals surface area contributed by atoms with Crippen LogP contribution in [0.2, 0.25) is 0 Å². The van der Waals surface area contributed by atoms with Crippen molar-refractivity contribution in [2.75, 3.05) is 0 Å². The molecule has 0 radical (unpaired) electrons.